The van der Waals surface area contributed by atoms with Crippen molar-refractivity contribution in [1.29, 1.82) is 0 Å². The van der Waals surface area contributed by atoms with Gasteiger partial charge in [-0.1, -0.05) is 0 Å². The Balaban J connectivity index is 1.65. The first-order chi connectivity index (χ1) is 12.9. The minimum absolute atomic E-state index is 0.0387. The van der Waals surface area contributed by atoms with E-state index in [4.69, 9.17) is 4.98 Å². The van der Waals surface area contributed by atoms with Crippen LogP contribution >= 0.6 is 0 Å². The molecule has 27 heavy (non-hydrogen) atoms. The summed E-state index contributed by atoms with van der Waals surface area (Å²) < 4.78 is 0. The Kier molecular flexibility index (Phi) is 4.36. The Bertz CT molecular complexity index is 890. The number of carbonyl (C=O) groups excluding carboxylic acids is 1. The fourth-order valence-electron chi connectivity index (χ4n) is 4.53. The molecule has 3 heterocycles. The predicted octanol–water partition coefficient (Wildman–Crippen LogP) is 2.67. The van der Waals surface area contributed by atoms with Crippen molar-refractivity contribution >= 4 is 11.9 Å². The second-order valence-corrected chi connectivity index (χ2v) is 8.13. The molecule has 2 aromatic rings. The summed E-state index contributed by atoms with van der Waals surface area (Å²) in [7, 11) is 3.93. The molecule has 1 fully saturated rings. The molecule has 6 heteroatoms. The highest BCUT2D eigenvalue weighted by molar-refractivity contribution is 5.95. The van der Waals surface area contributed by atoms with Crippen molar-refractivity contribution in [3.63, 3.8) is 0 Å². The second kappa shape index (κ2) is 6.59. The minimum atomic E-state index is -0.0387. The first-order valence-corrected chi connectivity index (χ1v) is 9.67. The van der Waals surface area contributed by atoms with Gasteiger partial charge in [-0.2, -0.15) is 0 Å². The van der Waals surface area contributed by atoms with Crippen LogP contribution in [0.15, 0.2) is 18.3 Å². The topological polar surface area (TPSA) is 62.2 Å². The Labute approximate surface area is 160 Å². The summed E-state index contributed by atoms with van der Waals surface area (Å²) in [5.41, 5.74) is 4.82. The first-order valence-electron chi connectivity index (χ1n) is 9.67. The van der Waals surface area contributed by atoms with Gasteiger partial charge in [0.25, 0.3) is 5.91 Å². The molecule has 0 radical (unpaired) electrons. The van der Waals surface area contributed by atoms with E-state index in [1.54, 1.807) is 0 Å². The molecule has 1 aliphatic carbocycles. The number of nitrogens with zero attached hydrogens (tertiary/aromatic N) is 5. The highest BCUT2D eigenvalue weighted by Gasteiger charge is 2.45. The van der Waals surface area contributed by atoms with Crippen molar-refractivity contribution in [3.8, 4) is 0 Å². The van der Waals surface area contributed by atoms with Crippen LogP contribution in [-0.2, 0) is 11.8 Å². The summed E-state index contributed by atoms with van der Waals surface area (Å²) in [6, 6.07) is 3.83. The van der Waals surface area contributed by atoms with Gasteiger partial charge in [-0.05, 0) is 57.2 Å². The quantitative estimate of drug-likeness (QED) is 0.819. The monoisotopic (exact) mass is 365 g/mol. The third-order valence-corrected chi connectivity index (χ3v) is 5.95. The van der Waals surface area contributed by atoms with Crippen LogP contribution in [0.2, 0.25) is 0 Å². The van der Waals surface area contributed by atoms with Gasteiger partial charge in [-0.15, -0.1) is 0 Å². The number of pyridine rings is 1. The number of fused-ring (bicyclic) bond motifs is 2. The maximum atomic E-state index is 13.2. The van der Waals surface area contributed by atoms with Crippen LogP contribution in [0, 0.1) is 13.8 Å². The van der Waals surface area contributed by atoms with Crippen molar-refractivity contribution in [3.05, 3.63) is 46.5 Å². The van der Waals surface area contributed by atoms with Gasteiger partial charge >= 0.3 is 0 Å². The van der Waals surface area contributed by atoms with Crippen molar-refractivity contribution in [2.75, 3.05) is 32.1 Å². The molecule has 0 saturated carbocycles. The SMILES string of the molecule is Cc1ccc(C(=O)N2CCCC3(CCc4cnc(N(C)C)nc43)C2)c(C)n1. The molecule has 1 aliphatic heterocycles. The highest BCUT2D eigenvalue weighted by atomic mass is 16.2. The van der Waals surface area contributed by atoms with Crippen LogP contribution in [-0.4, -0.2) is 52.9 Å². The molecule has 2 aromatic heterocycles. The summed E-state index contributed by atoms with van der Waals surface area (Å²) in [6.07, 6.45) is 6.10. The molecule has 1 atom stereocenters. The molecule has 6 nitrogen and oxygen atoms in total. The smallest absolute Gasteiger partial charge is 0.255 e. The van der Waals surface area contributed by atoms with E-state index >= 15 is 0 Å². The number of aryl methyl sites for hydroxylation is 3. The Morgan fingerprint density at radius 2 is 2.00 bits per heavy atom. The zero-order valence-corrected chi connectivity index (χ0v) is 16.6. The van der Waals surface area contributed by atoms with Gasteiger partial charge in [0.1, 0.15) is 0 Å². The largest absolute Gasteiger partial charge is 0.347 e. The summed E-state index contributed by atoms with van der Waals surface area (Å²) >= 11 is 0. The van der Waals surface area contributed by atoms with Crippen LogP contribution in [0.3, 0.4) is 0 Å². The zero-order valence-electron chi connectivity index (χ0n) is 16.6. The number of hydrogen-bond acceptors (Lipinski definition) is 5. The van der Waals surface area contributed by atoms with E-state index in [1.807, 2.05) is 56.1 Å². The minimum Gasteiger partial charge on any atom is -0.347 e. The van der Waals surface area contributed by atoms with Crippen LogP contribution in [0.25, 0.3) is 0 Å². The number of carbonyl (C=O) groups is 1. The van der Waals surface area contributed by atoms with Crippen molar-refractivity contribution in [2.24, 2.45) is 0 Å². The maximum absolute atomic E-state index is 13.2. The normalized spacial score (nSPS) is 21.4. The van der Waals surface area contributed by atoms with Crippen molar-refractivity contribution < 1.29 is 4.79 Å². The molecule has 4 rings (SSSR count). The molecular weight excluding hydrogens is 338 g/mol. The van der Waals surface area contributed by atoms with E-state index in [-0.39, 0.29) is 11.3 Å². The van der Waals surface area contributed by atoms with Gasteiger partial charge in [0.05, 0.1) is 17.0 Å². The molecular formula is C21H27N5O. The lowest BCUT2D eigenvalue weighted by Gasteiger charge is -2.40. The van der Waals surface area contributed by atoms with Crippen LogP contribution in [0.4, 0.5) is 5.95 Å². The number of hydrogen-bond donors (Lipinski definition) is 0. The summed E-state index contributed by atoms with van der Waals surface area (Å²) in [5.74, 6) is 0.839. The van der Waals surface area contributed by atoms with Gasteiger partial charge in [-0.25, -0.2) is 9.97 Å². The predicted molar refractivity (Wildman–Crippen MR) is 105 cm³/mol. The van der Waals surface area contributed by atoms with Gasteiger partial charge in [0.15, 0.2) is 0 Å². The van der Waals surface area contributed by atoms with Crippen molar-refractivity contribution in [2.45, 2.75) is 44.9 Å². The number of likely N-dealkylation sites (tertiary alicyclic amines) is 1. The number of amides is 1. The van der Waals surface area contributed by atoms with Crippen LogP contribution in [0.5, 0.6) is 0 Å². The Morgan fingerprint density at radius 3 is 2.74 bits per heavy atom. The first kappa shape index (κ1) is 17.9. The van der Waals surface area contributed by atoms with E-state index < -0.39 is 0 Å². The molecule has 1 unspecified atom stereocenters. The lowest BCUT2D eigenvalue weighted by atomic mass is 9.77. The lowest BCUT2D eigenvalue weighted by Crippen LogP contribution is -2.48. The Morgan fingerprint density at radius 1 is 1.19 bits per heavy atom. The average molecular weight is 365 g/mol. The highest BCUT2D eigenvalue weighted by Crippen LogP contribution is 2.44. The van der Waals surface area contributed by atoms with Crippen LogP contribution < -0.4 is 4.90 Å². The van der Waals surface area contributed by atoms with Gasteiger partial charge < -0.3 is 9.80 Å². The molecule has 1 spiro atoms. The van der Waals surface area contributed by atoms with Gasteiger partial charge in [-0.3, -0.25) is 9.78 Å². The van der Waals surface area contributed by atoms with E-state index in [0.717, 1.165) is 61.8 Å². The number of rotatable bonds is 2. The molecule has 1 amide bonds. The van der Waals surface area contributed by atoms with E-state index in [2.05, 4.69) is 9.97 Å². The molecule has 2 aliphatic rings. The molecule has 1 saturated heterocycles. The summed E-state index contributed by atoms with van der Waals surface area (Å²) in [6.45, 7) is 5.40. The third kappa shape index (κ3) is 3.07. The fraction of sp³-hybridized carbons (Fsp3) is 0.524. The third-order valence-electron chi connectivity index (χ3n) is 5.95. The van der Waals surface area contributed by atoms with E-state index in [0.29, 0.717) is 5.56 Å². The standard InChI is InChI=1S/C21H27N5O/c1-14-6-7-17(15(2)23-14)19(27)26-11-5-9-21(13-26)10-8-16-12-22-20(25(3)4)24-18(16)21/h6-7,12H,5,8-11,13H2,1-4H3. The number of anilines is 1. The summed E-state index contributed by atoms with van der Waals surface area (Å²) in [5, 5.41) is 0. The van der Waals surface area contributed by atoms with Gasteiger partial charge in [0.2, 0.25) is 5.95 Å². The maximum Gasteiger partial charge on any atom is 0.255 e. The lowest BCUT2D eigenvalue weighted by molar-refractivity contribution is 0.0632. The van der Waals surface area contributed by atoms with E-state index in [1.165, 1.54) is 5.56 Å². The van der Waals surface area contributed by atoms with Gasteiger partial charge in [0, 0.05) is 44.5 Å². The molecule has 142 valence electrons. The number of piperidine rings is 1. The average Bonchev–Trinajstić information content (AvgIpc) is 2.98. The van der Waals surface area contributed by atoms with Crippen molar-refractivity contribution in [1.82, 2.24) is 19.9 Å². The Hall–Kier alpha value is -2.50. The second-order valence-electron chi connectivity index (χ2n) is 8.13. The number of aromatic nitrogens is 3. The molecule has 0 N–H and O–H groups in total. The summed E-state index contributed by atoms with van der Waals surface area (Å²) in [4.78, 5) is 31.0. The molecule has 0 bridgehead atoms. The zero-order chi connectivity index (χ0) is 19.2. The van der Waals surface area contributed by atoms with E-state index in [9.17, 15) is 4.79 Å². The molecule has 0 aromatic carbocycles. The van der Waals surface area contributed by atoms with Crippen LogP contribution in [0.1, 0.15) is 52.3 Å². The fourth-order valence-corrected chi connectivity index (χ4v) is 4.53.